The third-order valence-electron chi connectivity index (χ3n) is 2.67. The molecule has 16 heavy (non-hydrogen) atoms. The molecule has 0 atom stereocenters. The van der Waals surface area contributed by atoms with Gasteiger partial charge in [-0.1, -0.05) is 6.92 Å². The first-order chi connectivity index (χ1) is 7.39. The van der Waals surface area contributed by atoms with Gasteiger partial charge in [-0.05, 0) is 6.54 Å². The zero-order valence-corrected chi connectivity index (χ0v) is 8.93. The van der Waals surface area contributed by atoms with E-state index in [1.165, 1.54) is 0 Å². The largest absolute Gasteiger partial charge is 0.383 e. The highest BCUT2D eigenvalue weighted by molar-refractivity contribution is 5.84. The first-order valence-electron chi connectivity index (χ1n) is 5.07. The monoisotopic (exact) mass is 242 g/mol. The lowest BCUT2D eigenvalue weighted by Gasteiger charge is -2.35. The third-order valence-corrected chi connectivity index (χ3v) is 2.67. The highest BCUT2D eigenvalue weighted by Gasteiger charge is 2.51. The van der Waals surface area contributed by atoms with E-state index < -0.39 is 18.3 Å². The van der Waals surface area contributed by atoms with E-state index >= 15 is 0 Å². The van der Waals surface area contributed by atoms with E-state index in [1.54, 1.807) is 0 Å². The summed E-state index contributed by atoms with van der Waals surface area (Å²) in [4.78, 5) is 13.9. The second kappa shape index (κ2) is 4.99. The molecule has 0 aromatic heterocycles. The summed E-state index contributed by atoms with van der Waals surface area (Å²) in [6.07, 6.45) is -3.94. The Balaban J connectivity index is 2.57. The van der Waals surface area contributed by atoms with Crippen molar-refractivity contribution in [3.63, 3.8) is 0 Å². The van der Waals surface area contributed by atoms with E-state index in [9.17, 15) is 22.4 Å². The van der Waals surface area contributed by atoms with Gasteiger partial charge in [0.1, 0.15) is 0 Å². The van der Waals surface area contributed by atoms with Gasteiger partial charge in [-0.15, -0.1) is 0 Å². The molecule has 1 heterocycles. The lowest BCUT2D eigenvalue weighted by atomic mass is 10.2. The minimum Gasteiger partial charge on any atom is -0.335 e. The maximum atomic E-state index is 12.7. The topological polar surface area (TPSA) is 23.6 Å². The summed E-state index contributed by atoms with van der Waals surface area (Å²) in [5, 5.41) is 0. The summed E-state index contributed by atoms with van der Waals surface area (Å²) in [5.41, 5.74) is 0. The molecule has 3 nitrogen and oxygen atoms in total. The number of hydrogen-bond donors (Lipinski definition) is 0. The van der Waals surface area contributed by atoms with Crippen molar-refractivity contribution < 1.29 is 22.4 Å². The second-order valence-corrected chi connectivity index (χ2v) is 3.65. The van der Waals surface area contributed by atoms with Crippen molar-refractivity contribution in [3.8, 4) is 0 Å². The van der Waals surface area contributed by atoms with Crippen molar-refractivity contribution in [1.29, 1.82) is 0 Å². The molecule has 1 saturated heterocycles. The number of rotatable bonds is 3. The summed E-state index contributed by atoms with van der Waals surface area (Å²) in [7, 11) is 0. The molecule has 7 heteroatoms. The summed E-state index contributed by atoms with van der Waals surface area (Å²) >= 11 is 0. The summed E-state index contributed by atoms with van der Waals surface area (Å²) < 4.78 is 49.4. The van der Waals surface area contributed by atoms with Crippen LogP contribution in [0.25, 0.3) is 0 Å². The van der Waals surface area contributed by atoms with E-state index in [0.29, 0.717) is 13.1 Å². The number of likely N-dealkylation sites (N-methyl/N-ethyl adjacent to an activating group) is 1. The fraction of sp³-hybridized carbons (Fsp3) is 0.889. The van der Waals surface area contributed by atoms with Crippen LogP contribution in [0.3, 0.4) is 0 Å². The van der Waals surface area contributed by atoms with Crippen LogP contribution in [-0.2, 0) is 4.79 Å². The highest BCUT2D eigenvalue weighted by Crippen LogP contribution is 2.25. The number of alkyl halides is 4. The Kier molecular flexibility index (Phi) is 4.12. The van der Waals surface area contributed by atoms with Crippen LogP contribution in [0, 0.1) is 0 Å². The molecule has 1 amide bonds. The highest BCUT2D eigenvalue weighted by atomic mass is 19.3. The van der Waals surface area contributed by atoms with Crippen LogP contribution in [-0.4, -0.2) is 60.8 Å². The van der Waals surface area contributed by atoms with Crippen LogP contribution < -0.4 is 0 Å². The Morgan fingerprint density at radius 1 is 1.25 bits per heavy atom. The molecule has 0 radical (unpaired) electrons. The smallest absolute Gasteiger partial charge is 0.335 e. The van der Waals surface area contributed by atoms with E-state index in [2.05, 4.69) is 0 Å². The number of carbonyl (C=O) groups is 1. The molecule has 0 aliphatic carbocycles. The Morgan fingerprint density at radius 2 is 1.75 bits per heavy atom. The van der Waals surface area contributed by atoms with Gasteiger partial charge in [-0.2, -0.15) is 8.78 Å². The Labute approximate surface area is 91.0 Å². The van der Waals surface area contributed by atoms with Crippen LogP contribution in [0.4, 0.5) is 17.6 Å². The van der Waals surface area contributed by atoms with E-state index in [0.717, 1.165) is 11.4 Å². The molecule has 0 spiro atoms. The van der Waals surface area contributed by atoms with Gasteiger partial charge in [0, 0.05) is 26.2 Å². The van der Waals surface area contributed by atoms with Crippen molar-refractivity contribution in [2.24, 2.45) is 0 Å². The molecule has 0 unspecified atom stereocenters. The average Bonchev–Trinajstić information content (AvgIpc) is 2.28. The van der Waals surface area contributed by atoms with Crippen molar-refractivity contribution in [3.05, 3.63) is 0 Å². The molecule has 0 aromatic rings. The number of amides is 1. The van der Waals surface area contributed by atoms with Crippen molar-refractivity contribution in [1.82, 2.24) is 9.80 Å². The first kappa shape index (κ1) is 13.2. The number of piperazine rings is 1. The minimum atomic E-state index is -4.56. The summed E-state index contributed by atoms with van der Waals surface area (Å²) in [5.74, 6) is -6.33. The molecule has 1 aliphatic heterocycles. The number of carbonyl (C=O) groups excluding carboxylic acids is 1. The number of halogens is 4. The van der Waals surface area contributed by atoms with Crippen LogP contribution in [0.5, 0.6) is 0 Å². The fourth-order valence-electron chi connectivity index (χ4n) is 1.57. The summed E-state index contributed by atoms with van der Waals surface area (Å²) in [6.45, 7) is 3.71. The van der Waals surface area contributed by atoms with Gasteiger partial charge in [0.05, 0.1) is 0 Å². The molecule has 1 aliphatic rings. The van der Waals surface area contributed by atoms with E-state index in [-0.39, 0.29) is 13.1 Å². The maximum absolute atomic E-state index is 12.7. The second-order valence-electron chi connectivity index (χ2n) is 3.65. The molecule has 0 N–H and O–H groups in total. The molecule has 1 fully saturated rings. The molecular formula is C9H14F4N2O. The van der Waals surface area contributed by atoms with Gasteiger partial charge in [0.2, 0.25) is 0 Å². The number of nitrogens with zero attached hydrogens (tertiary/aromatic N) is 2. The SMILES string of the molecule is CCN1CCN(C(=O)C(F)(F)C(F)F)CC1. The quantitative estimate of drug-likeness (QED) is 0.691. The molecule has 0 bridgehead atoms. The molecule has 94 valence electrons. The van der Waals surface area contributed by atoms with Gasteiger partial charge in [-0.25, -0.2) is 8.78 Å². The van der Waals surface area contributed by atoms with Crippen molar-refractivity contribution in [2.75, 3.05) is 32.7 Å². The molecule has 0 aromatic carbocycles. The van der Waals surface area contributed by atoms with E-state index in [1.807, 2.05) is 11.8 Å². The lowest BCUT2D eigenvalue weighted by Crippen LogP contribution is -2.55. The van der Waals surface area contributed by atoms with E-state index in [4.69, 9.17) is 0 Å². The van der Waals surface area contributed by atoms with Crippen LogP contribution in [0.15, 0.2) is 0 Å². The predicted octanol–water partition coefficient (Wildman–Crippen LogP) is 1.05. The fourth-order valence-corrected chi connectivity index (χ4v) is 1.57. The lowest BCUT2D eigenvalue weighted by molar-refractivity contribution is -0.182. The maximum Gasteiger partial charge on any atom is 0.383 e. The number of hydrogen-bond acceptors (Lipinski definition) is 2. The van der Waals surface area contributed by atoms with Crippen LogP contribution in [0.2, 0.25) is 0 Å². The van der Waals surface area contributed by atoms with Gasteiger partial charge >= 0.3 is 12.3 Å². The van der Waals surface area contributed by atoms with Crippen molar-refractivity contribution in [2.45, 2.75) is 19.3 Å². The van der Waals surface area contributed by atoms with Crippen LogP contribution >= 0.6 is 0 Å². The summed E-state index contributed by atoms with van der Waals surface area (Å²) in [6, 6.07) is 0. The van der Waals surface area contributed by atoms with Gasteiger partial charge in [-0.3, -0.25) is 4.79 Å². The van der Waals surface area contributed by atoms with Gasteiger partial charge in [0.25, 0.3) is 5.91 Å². The Hall–Kier alpha value is -0.850. The predicted molar refractivity (Wildman–Crippen MR) is 49.6 cm³/mol. The van der Waals surface area contributed by atoms with Crippen LogP contribution in [0.1, 0.15) is 6.92 Å². The van der Waals surface area contributed by atoms with Gasteiger partial charge < -0.3 is 9.80 Å². The zero-order valence-electron chi connectivity index (χ0n) is 8.93. The minimum absolute atomic E-state index is 0.0784. The first-order valence-corrected chi connectivity index (χ1v) is 5.07. The standard InChI is InChI=1S/C9H14F4N2O/c1-2-14-3-5-15(6-4-14)8(16)9(12,13)7(10)11/h7H,2-6H2,1H3. The van der Waals surface area contributed by atoms with Crippen molar-refractivity contribution >= 4 is 5.91 Å². The molecule has 0 saturated carbocycles. The molecular weight excluding hydrogens is 228 g/mol. The Morgan fingerprint density at radius 3 is 2.12 bits per heavy atom. The van der Waals surface area contributed by atoms with Gasteiger partial charge in [0.15, 0.2) is 0 Å². The zero-order chi connectivity index (χ0) is 12.3. The normalized spacial score (nSPS) is 19.2. The average molecular weight is 242 g/mol. The molecule has 1 rings (SSSR count). The third kappa shape index (κ3) is 2.63. The Bertz CT molecular complexity index is 252.